The Morgan fingerprint density at radius 2 is 2.05 bits per heavy atom. The molecular formula is C15H31N3O. The lowest BCUT2D eigenvalue weighted by atomic mass is 9.80. The number of carbonyl (C=O) groups excluding carboxylic acids is 1. The van der Waals surface area contributed by atoms with Crippen LogP contribution in [0.5, 0.6) is 0 Å². The molecule has 1 unspecified atom stereocenters. The van der Waals surface area contributed by atoms with Crippen molar-refractivity contribution in [2.45, 2.75) is 53.5 Å². The fraction of sp³-hybridized carbons (Fsp3) is 0.933. The van der Waals surface area contributed by atoms with Gasteiger partial charge in [-0.3, -0.25) is 9.69 Å². The molecule has 3 N–H and O–H groups in total. The second-order valence-electron chi connectivity index (χ2n) is 7.76. The van der Waals surface area contributed by atoms with Crippen molar-refractivity contribution in [1.29, 1.82) is 0 Å². The summed E-state index contributed by atoms with van der Waals surface area (Å²) in [7, 11) is 0. The summed E-state index contributed by atoms with van der Waals surface area (Å²) >= 11 is 0. The molecule has 0 aliphatic carbocycles. The van der Waals surface area contributed by atoms with E-state index >= 15 is 0 Å². The highest BCUT2D eigenvalue weighted by Gasteiger charge is 2.33. The Morgan fingerprint density at radius 1 is 1.42 bits per heavy atom. The molecule has 1 aliphatic heterocycles. The molecule has 0 bridgehead atoms. The lowest BCUT2D eigenvalue weighted by molar-refractivity contribution is -0.123. The monoisotopic (exact) mass is 269 g/mol. The molecule has 0 radical (unpaired) electrons. The smallest absolute Gasteiger partial charge is 0.234 e. The molecule has 0 aromatic carbocycles. The van der Waals surface area contributed by atoms with Crippen molar-refractivity contribution in [3.8, 4) is 0 Å². The zero-order valence-corrected chi connectivity index (χ0v) is 13.3. The summed E-state index contributed by atoms with van der Waals surface area (Å²) in [5.41, 5.74) is 6.48. The van der Waals surface area contributed by atoms with E-state index in [0.717, 1.165) is 32.5 Å². The van der Waals surface area contributed by atoms with E-state index in [1.165, 1.54) is 0 Å². The molecule has 0 spiro atoms. The highest BCUT2D eigenvalue weighted by Crippen LogP contribution is 2.27. The second kappa shape index (κ2) is 6.23. The molecule has 1 amide bonds. The number of rotatable bonds is 4. The maximum absolute atomic E-state index is 11.9. The first-order chi connectivity index (χ1) is 8.60. The van der Waals surface area contributed by atoms with E-state index in [4.69, 9.17) is 5.73 Å². The van der Waals surface area contributed by atoms with Gasteiger partial charge in [-0.2, -0.15) is 0 Å². The van der Waals surface area contributed by atoms with Crippen LogP contribution in [-0.2, 0) is 4.79 Å². The number of piperidine rings is 1. The molecule has 0 aromatic heterocycles. The minimum absolute atomic E-state index is 0.101. The van der Waals surface area contributed by atoms with Gasteiger partial charge in [-0.05, 0) is 23.7 Å². The van der Waals surface area contributed by atoms with Crippen molar-refractivity contribution in [3.05, 3.63) is 0 Å². The van der Waals surface area contributed by atoms with Crippen LogP contribution in [0.15, 0.2) is 0 Å². The van der Waals surface area contributed by atoms with Gasteiger partial charge >= 0.3 is 0 Å². The molecule has 1 heterocycles. The fourth-order valence-corrected chi connectivity index (χ4v) is 2.46. The standard InChI is InChI=1S/C15H31N3O/c1-14(2,3)7-8-17-13(19)10-18-9-6-12(16)15(4,5)11-18/h12H,6-11,16H2,1-5H3,(H,17,19). The first-order valence-corrected chi connectivity index (χ1v) is 7.35. The summed E-state index contributed by atoms with van der Waals surface area (Å²) in [6.07, 6.45) is 1.98. The molecular weight excluding hydrogens is 238 g/mol. The van der Waals surface area contributed by atoms with Crippen LogP contribution in [-0.4, -0.2) is 43.0 Å². The van der Waals surface area contributed by atoms with Gasteiger partial charge in [-0.15, -0.1) is 0 Å². The van der Waals surface area contributed by atoms with Gasteiger partial charge in [0.15, 0.2) is 0 Å². The first-order valence-electron chi connectivity index (χ1n) is 7.35. The number of hydrogen-bond acceptors (Lipinski definition) is 3. The van der Waals surface area contributed by atoms with Gasteiger partial charge in [-0.1, -0.05) is 34.6 Å². The van der Waals surface area contributed by atoms with Gasteiger partial charge in [0.1, 0.15) is 0 Å². The van der Waals surface area contributed by atoms with Gasteiger partial charge in [0.2, 0.25) is 5.91 Å². The predicted octanol–water partition coefficient (Wildman–Crippen LogP) is 1.60. The van der Waals surface area contributed by atoms with Crippen LogP contribution in [0.1, 0.15) is 47.5 Å². The normalized spacial score (nSPS) is 24.2. The van der Waals surface area contributed by atoms with E-state index in [9.17, 15) is 4.79 Å². The number of carbonyl (C=O) groups is 1. The van der Waals surface area contributed by atoms with Crippen LogP contribution in [0.25, 0.3) is 0 Å². The van der Waals surface area contributed by atoms with Crippen molar-refractivity contribution in [2.24, 2.45) is 16.6 Å². The van der Waals surface area contributed by atoms with E-state index < -0.39 is 0 Å². The fourth-order valence-electron chi connectivity index (χ4n) is 2.46. The van der Waals surface area contributed by atoms with E-state index in [-0.39, 0.29) is 22.8 Å². The maximum Gasteiger partial charge on any atom is 0.234 e. The van der Waals surface area contributed by atoms with E-state index in [1.807, 2.05) is 0 Å². The number of nitrogens with zero attached hydrogens (tertiary/aromatic N) is 1. The lowest BCUT2D eigenvalue weighted by Crippen LogP contribution is -2.54. The summed E-state index contributed by atoms with van der Waals surface area (Å²) in [4.78, 5) is 14.1. The summed E-state index contributed by atoms with van der Waals surface area (Å²) in [5.74, 6) is 0.135. The average Bonchev–Trinajstić information content (AvgIpc) is 2.21. The molecule has 0 aromatic rings. The molecule has 1 atom stereocenters. The highest BCUT2D eigenvalue weighted by molar-refractivity contribution is 5.78. The maximum atomic E-state index is 11.9. The van der Waals surface area contributed by atoms with Crippen LogP contribution in [0.2, 0.25) is 0 Å². The molecule has 4 nitrogen and oxygen atoms in total. The zero-order chi connectivity index (χ0) is 14.7. The van der Waals surface area contributed by atoms with E-state index in [0.29, 0.717) is 6.54 Å². The molecule has 4 heteroatoms. The van der Waals surface area contributed by atoms with Gasteiger partial charge in [0, 0.05) is 25.7 Å². The Hall–Kier alpha value is -0.610. The van der Waals surface area contributed by atoms with Crippen LogP contribution in [0.4, 0.5) is 0 Å². The van der Waals surface area contributed by atoms with Crippen LogP contribution in [0.3, 0.4) is 0 Å². The van der Waals surface area contributed by atoms with Crippen LogP contribution < -0.4 is 11.1 Å². The second-order valence-corrected chi connectivity index (χ2v) is 7.76. The molecule has 1 rings (SSSR count). The quantitative estimate of drug-likeness (QED) is 0.815. The Balaban J connectivity index is 2.30. The van der Waals surface area contributed by atoms with Gasteiger partial charge in [0.05, 0.1) is 6.54 Å². The van der Waals surface area contributed by atoms with Gasteiger partial charge in [-0.25, -0.2) is 0 Å². The first kappa shape index (κ1) is 16.4. The highest BCUT2D eigenvalue weighted by atomic mass is 16.2. The Kier molecular flexibility index (Phi) is 5.39. The lowest BCUT2D eigenvalue weighted by Gasteiger charge is -2.42. The van der Waals surface area contributed by atoms with E-state index in [2.05, 4.69) is 44.8 Å². The van der Waals surface area contributed by atoms with Gasteiger partial charge < -0.3 is 11.1 Å². The molecule has 112 valence electrons. The molecule has 0 saturated carbocycles. The minimum Gasteiger partial charge on any atom is -0.355 e. The predicted molar refractivity (Wildman–Crippen MR) is 79.9 cm³/mol. The molecule has 1 saturated heterocycles. The summed E-state index contributed by atoms with van der Waals surface area (Å²) in [6, 6.07) is 0.243. The summed E-state index contributed by atoms with van der Waals surface area (Å²) in [5, 5.41) is 3.01. The summed E-state index contributed by atoms with van der Waals surface area (Å²) < 4.78 is 0. The zero-order valence-electron chi connectivity index (χ0n) is 13.3. The van der Waals surface area contributed by atoms with Crippen molar-refractivity contribution < 1.29 is 4.79 Å². The van der Waals surface area contributed by atoms with Crippen molar-refractivity contribution in [1.82, 2.24) is 10.2 Å². The third-order valence-corrected chi connectivity index (χ3v) is 3.96. The third-order valence-electron chi connectivity index (χ3n) is 3.96. The largest absolute Gasteiger partial charge is 0.355 e. The summed E-state index contributed by atoms with van der Waals surface area (Å²) in [6.45, 7) is 14.0. The number of amides is 1. The number of nitrogens with two attached hydrogens (primary N) is 1. The average molecular weight is 269 g/mol. The molecule has 1 fully saturated rings. The Bertz CT molecular complexity index is 307. The number of likely N-dealkylation sites (tertiary alicyclic amines) is 1. The van der Waals surface area contributed by atoms with E-state index in [1.54, 1.807) is 0 Å². The Morgan fingerprint density at radius 3 is 2.58 bits per heavy atom. The number of nitrogens with one attached hydrogen (secondary N) is 1. The van der Waals surface area contributed by atoms with Crippen LogP contribution in [0, 0.1) is 10.8 Å². The minimum atomic E-state index is 0.101. The third kappa shape index (κ3) is 5.91. The molecule has 1 aliphatic rings. The molecule has 19 heavy (non-hydrogen) atoms. The topological polar surface area (TPSA) is 58.4 Å². The van der Waals surface area contributed by atoms with Crippen LogP contribution >= 0.6 is 0 Å². The SMILES string of the molecule is CC(C)(C)CCNC(=O)CN1CCC(N)C(C)(C)C1. The van der Waals surface area contributed by atoms with Crippen molar-refractivity contribution >= 4 is 5.91 Å². The Labute approximate surface area is 118 Å². The number of hydrogen-bond donors (Lipinski definition) is 2. The van der Waals surface area contributed by atoms with Crippen molar-refractivity contribution in [3.63, 3.8) is 0 Å². The van der Waals surface area contributed by atoms with Gasteiger partial charge in [0.25, 0.3) is 0 Å². The van der Waals surface area contributed by atoms with Crippen molar-refractivity contribution in [2.75, 3.05) is 26.2 Å².